The molecule has 1 fully saturated rings. The van der Waals surface area contributed by atoms with Gasteiger partial charge in [0.05, 0.1) is 27.9 Å². The van der Waals surface area contributed by atoms with Crippen molar-refractivity contribution in [2.75, 3.05) is 24.7 Å². The first kappa shape index (κ1) is 30.8. The fourth-order valence-electron chi connectivity index (χ4n) is 5.26. The Morgan fingerprint density at radius 3 is 2.12 bits per heavy atom. The molecule has 0 aromatic heterocycles. The number of phenolic OH excluding ortho intramolecular Hbond substituents is 1. The molecule has 1 saturated heterocycles. The van der Waals surface area contributed by atoms with Crippen LogP contribution in [0.1, 0.15) is 39.5 Å². The summed E-state index contributed by atoms with van der Waals surface area (Å²) < 4.78 is 64.0. The number of fused-ring (bicyclic) bond motifs is 1. The zero-order valence-corrected chi connectivity index (χ0v) is 26.0. The van der Waals surface area contributed by atoms with E-state index in [1.807, 2.05) is 12.1 Å². The summed E-state index contributed by atoms with van der Waals surface area (Å²) in [5, 5.41) is 15.0. The second-order valence-corrected chi connectivity index (χ2v) is 15.3. The lowest BCUT2D eigenvalue weighted by molar-refractivity contribution is 0.268. The molecule has 1 aliphatic heterocycles. The van der Waals surface area contributed by atoms with Crippen LogP contribution in [-0.2, 0) is 19.7 Å². The third-order valence-corrected chi connectivity index (χ3v) is 11.2. The van der Waals surface area contributed by atoms with Gasteiger partial charge in [0.2, 0.25) is 0 Å². The summed E-state index contributed by atoms with van der Waals surface area (Å²) in [6, 6.07) is 20.3. The van der Waals surface area contributed by atoms with Crippen molar-refractivity contribution in [3.05, 3.63) is 72.8 Å². The average molecular weight is 624 g/mol. The maximum Gasteiger partial charge on any atom is 0.178 e. The highest BCUT2D eigenvalue weighted by molar-refractivity contribution is 7.92. The van der Waals surface area contributed by atoms with Crippen molar-refractivity contribution >= 4 is 30.4 Å². The summed E-state index contributed by atoms with van der Waals surface area (Å²) in [6.07, 6.45) is 4.57. The van der Waals surface area contributed by atoms with E-state index in [0.29, 0.717) is 46.0 Å². The molecule has 5 rings (SSSR count). The topological polar surface area (TPSA) is 119 Å². The second kappa shape index (κ2) is 13.0. The van der Waals surface area contributed by atoms with E-state index in [1.165, 1.54) is 51.3 Å². The molecule has 43 heavy (non-hydrogen) atoms. The number of nitrogens with one attached hydrogen (secondary N) is 1. The van der Waals surface area contributed by atoms with Crippen LogP contribution >= 0.6 is 0 Å². The van der Waals surface area contributed by atoms with E-state index in [9.17, 15) is 21.9 Å². The largest absolute Gasteiger partial charge is 0.508 e. The summed E-state index contributed by atoms with van der Waals surface area (Å²) >= 11 is 0. The van der Waals surface area contributed by atoms with E-state index in [4.69, 9.17) is 9.47 Å². The lowest BCUT2D eigenvalue weighted by Gasteiger charge is -2.23. The van der Waals surface area contributed by atoms with Crippen LogP contribution in [0.25, 0.3) is 21.9 Å². The number of aromatic hydroxyl groups is 1. The lowest BCUT2D eigenvalue weighted by Crippen LogP contribution is -2.35. The predicted molar refractivity (Wildman–Crippen MR) is 169 cm³/mol. The summed E-state index contributed by atoms with van der Waals surface area (Å²) in [7, 11) is -7.43. The van der Waals surface area contributed by atoms with Crippen molar-refractivity contribution in [2.45, 2.75) is 55.4 Å². The molecule has 4 aromatic rings. The van der Waals surface area contributed by atoms with Crippen LogP contribution in [0.2, 0.25) is 0 Å². The van der Waals surface area contributed by atoms with Crippen LogP contribution in [0.15, 0.2) is 82.6 Å². The Bertz CT molecular complexity index is 1760. The predicted octanol–water partition coefficient (Wildman–Crippen LogP) is 6.50. The quantitative estimate of drug-likeness (QED) is 0.194. The second-order valence-electron chi connectivity index (χ2n) is 10.7. The monoisotopic (exact) mass is 623 g/mol. The zero-order chi connectivity index (χ0) is 30.6. The first-order valence-corrected chi connectivity index (χ1v) is 17.9. The van der Waals surface area contributed by atoms with Gasteiger partial charge in [-0.3, -0.25) is 0 Å². The van der Waals surface area contributed by atoms with E-state index in [2.05, 4.69) is 5.32 Å². The van der Waals surface area contributed by atoms with Crippen molar-refractivity contribution in [1.29, 1.82) is 0 Å². The van der Waals surface area contributed by atoms with Crippen molar-refractivity contribution < 1.29 is 31.4 Å². The summed E-state index contributed by atoms with van der Waals surface area (Å²) in [5.41, 5.74) is 0.905. The van der Waals surface area contributed by atoms with Crippen molar-refractivity contribution in [2.24, 2.45) is 0 Å². The summed E-state index contributed by atoms with van der Waals surface area (Å²) in [6.45, 7) is 4.70. The van der Waals surface area contributed by atoms with Crippen molar-refractivity contribution in [3.63, 3.8) is 0 Å². The van der Waals surface area contributed by atoms with Gasteiger partial charge in [0.15, 0.2) is 19.7 Å². The summed E-state index contributed by atoms with van der Waals surface area (Å²) in [4.78, 5) is -0.137. The normalized spacial score (nSPS) is 15.8. The van der Waals surface area contributed by atoms with Crippen LogP contribution in [0.5, 0.6) is 23.0 Å². The van der Waals surface area contributed by atoms with Crippen LogP contribution < -0.4 is 14.8 Å². The van der Waals surface area contributed by atoms with Crippen LogP contribution in [0.3, 0.4) is 0 Å². The Balaban J connectivity index is 1.52. The third kappa shape index (κ3) is 7.14. The minimum atomic E-state index is -3.72. The molecule has 10 heteroatoms. The number of hydrogen-bond acceptors (Lipinski definition) is 8. The third-order valence-electron chi connectivity index (χ3n) is 7.81. The first-order valence-electron chi connectivity index (χ1n) is 14.6. The van der Waals surface area contributed by atoms with Gasteiger partial charge in [-0.05, 0) is 103 Å². The zero-order valence-electron chi connectivity index (χ0n) is 24.4. The van der Waals surface area contributed by atoms with Gasteiger partial charge in [0.1, 0.15) is 23.0 Å². The highest BCUT2D eigenvalue weighted by Gasteiger charge is 2.22. The molecule has 1 unspecified atom stereocenters. The first-order chi connectivity index (χ1) is 20.6. The molecule has 2 N–H and O–H groups in total. The Kier molecular flexibility index (Phi) is 9.29. The van der Waals surface area contributed by atoms with E-state index < -0.39 is 19.7 Å². The molecule has 0 radical (unpaired) electrons. The Labute approximate surface area is 253 Å². The van der Waals surface area contributed by atoms with Gasteiger partial charge in [-0.15, -0.1) is 0 Å². The van der Waals surface area contributed by atoms with E-state index >= 15 is 0 Å². The summed E-state index contributed by atoms with van der Waals surface area (Å²) in [5.74, 6) is 1.38. The molecule has 0 saturated carbocycles. The fraction of sp³-hybridized carbons (Fsp3) is 0.333. The standard InChI is InChI=1S/C33H37NO7S2/c1-3-42(36,37)29-20-24(21-30(22-29)43(38,39)4-2)32-14-8-23-19-26(35)9-15-31(23)33(32)41-28-12-10-27(11-13-28)40-18-16-25-7-5-6-17-34-25/h8-15,19-22,25,34-35H,3-7,16-18H2,1-2H3. The maximum absolute atomic E-state index is 12.9. The smallest absolute Gasteiger partial charge is 0.178 e. The molecule has 0 amide bonds. The van der Waals surface area contributed by atoms with Gasteiger partial charge in [-0.2, -0.15) is 0 Å². The highest BCUT2D eigenvalue weighted by Crippen LogP contribution is 2.42. The van der Waals surface area contributed by atoms with Gasteiger partial charge in [-0.25, -0.2) is 16.8 Å². The fourth-order valence-corrected chi connectivity index (χ4v) is 7.22. The number of ether oxygens (including phenoxy) is 2. The van der Waals surface area contributed by atoms with Crippen molar-refractivity contribution in [3.8, 4) is 34.1 Å². The molecular formula is C33H37NO7S2. The van der Waals surface area contributed by atoms with E-state index in [0.717, 1.165) is 18.7 Å². The minimum absolute atomic E-state index is 0.0683. The Morgan fingerprint density at radius 1 is 0.814 bits per heavy atom. The number of hydrogen-bond donors (Lipinski definition) is 2. The highest BCUT2D eigenvalue weighted by atomic mass is 32.2. The molecule has 8 nitrogen and oxygen atoms in total. The molecule has 4 aromatic carbocycles. The van der Waals surface area contributed by atoms with Crippen LogP contribution in [0, 0.1) is 0 Å². The number of rotatable bonds is 11. The van der Waals surface area contributed by atoms with E-state index in [1.54, 1.807) is 42.5 Å². The molecule has 0 spiro atoms. The Hall–Kier alpha value is -3.60. The number of sulfone groups is 2. The van der Waals surface area contributed by atoms with Gasteiger partial charge < -0.3 is 19.9 Å². The SMILES string of the molecule is CCS(=O)(=O)c1cc(-c2ccc3cc(O)ccc3c2Oc2ccc(OCCC3CCCCN3)cc2)cc(S(=O)(=O)CC)c1. The number of phenols is 1. The molecule has 0 bridgehead atoms. The minimum Gasteiger partial charge on any atom is -0.508 e. The molecule has 0 aliphatic carbocycles. The van der Waals surface area contributed by atoms with Crippen LogP contribution in [-0.4, -0.2) is 52.6 Å². The van der Waals surface area contributed by atoms with Crippen molar-refractivity contribution in [1.82, 2.24) is 5.32 Å². The van der Waals surface area contributed by atoms with E-state index in [-0.39, 0.29) is 27.0 Å². The van der Waals surface area contributed by atoms with Crippen LogP contribution in [0.4, 0.5) is 0 Å². The average Bonchev–Trinajstić information content (AvgIpc) is 3.02. The van der Waals surface area contributed by atoms with Gasteiger partial charge in [0.25, 0.3) is 0 Å². The van der Waals surface area contributed by atoms with Gasteiger partial charge in [0, 0.05) is 17.0 Å². The van der Waals surface area contributed by atoms with Gasteiger partial charge in [-0.1, -0.05) is 26.3 Å². The molecule has 1 heterocycles. The van der Waals surface area contributed by atoms with Gasteiger partial charge >= 0.3 is 0 Å². The molecular weight excluding hydrogens is 586 g/mol. The number of benzene rings is 4. The molecule has 1 atom stereocenters. The molecule has 1 aliphatic rings. The maximum atomic E-state index is 12.9. The lowest BCUT2D eigenvalue weighted by atomic mass is 9.99. The number of piperidine rings is 1. The molecule has 228 valence electrons. The Morgan fingerprint density at radius 2 is 1.49 bits per heavy atom.